The summed E-state index contributed by atoms with van der Waals surface area (Å²) in [6, 6.07) is 2.41. The van der Waals surface area contributed by atoms with Gasteiger partial charge in [-0.25, -0.2) is 17.8 Å². The standard InChI is InChI=1S/C10H15FN2O2S/c1-7-5-9(11)6-8(2)10(7)16(14,15)12-13(3)4/h5-6,12H,1-4H3. The van der Waals surface area contributed by atoms with E-state index in [4.69, 9.17) is 0 Å². The Morgan fingerprint density at radius 2 is 1.62 bits per heavy atom. The second-order valence-electron chi connectivity index (χ2n) is 3.86. The smallest absolute Gasteiger partial charge is 0.237 e. The number of hydrazine groups is 1. The summed E-state index contributed by atoms with van der Waals surface area (Å²) >= 11 is 0. The van der Waals surface area contributed by atoms with Crippen LogP contribution in [-0.4, -0.2) is 27.5 Å². The number of sulfonamides is 1. The second kappa shape index (κ2) is 4.48. The number of halogens is 1. The molecule has 1 N–H and O–H groups in total. The number of hydrogen-bond acceptors (Lipinski definition) is 3. The van der Waals surface area contributed by atoms with Crippen molar-refractivity contribution in [1.82, 2.24) is 9.84 Å². The third-order valence-corrected chi connectivity index (χ3v) is 3.78. The first-order valence-electron chi connectivity index (χ1n) is 4.70. The Kier molecular flexibility index (Phi) is 3.67. The molecule has 1 aromatic rings. The maximum atomic E-state index is 13.0. The monoisotopic (exact) mass is 246 g/mol. The van der Waals surface area contributed by atoms with Gasteiger partial charge in [0.05, 0.1) is 4.90 Å². The predicted molar refractivity (Wildman–Crippen MR) is 59.9 cm³/mol. The Hall–Kier alpha value is -0.980. The maximum absolute atomic E-state index is 13.0. The van der Waals surface area contributed by atoms with Crippen LogP contribution >= 0.6 is 0 Å². The van der Waals surface area contributed by atoms with Gasteiger partial charge in [0.2, 0.25) is 0 Å². The van der Waals surface area contributed by atoms with Gasteiger partial charge in [0.15, 0.2) is 0 Å². The van der Waals surface area contributed by atoms with E-state index in [0.717, 1.165) is 0 Å². The zero-order valence-electron chi connectivity index (χ0n) is 9.70. The summed E-state index contributed by atoms with van der Waals surface area (Å²) < 4.78 is 36.9. The number of rotatable bonds is 3. The molecule has 90 valence electrons. The van der Waals surface area contributed by atoms with Gasteiger partial charge >= 0.3 is 0 Å². The van der Waals surface area contributed by atoms with E-state index >= 15 is 0 Å². The average Bonchev–Trinajstić information content (AvgIpc) is 1.96. The van der Waals surface area contributed by atoms with Gasteiger partial charge in [-0.2, -0.15) is 0 Å². The number of nitrogens with one attached hydrogen (secondary N) is 1. The molecule has 4 nitrogen and oxygen atoms in total. The van der Waals surface area contributed by atoms with Gasteiger partial charge in [-0.15, -0.1) is 4.83 Å². The molecule has 0 bridgehead atoms. The summed E-state index contributed by atoms with van der Waals surface area (Å²) in [5, 5.41) is 1.33. The predicted octanol–water partition coefficient (Wildman–Crippen LogP) is 1.20. The molecule has 1 aromatic carbocycles. The summed E-state index contributed by atoms with van der Waals surface area (Å²) in [4.78, 5) is 2.45. The summed E-state index contributed by atoms with van der Waals surface area (Å²) in [5.41, 5.74) is 0.790. The Morgan fingerprint density at radius 1 is 1.19 bits per heavy atom. The summed E-state index contributed by atoms with van der Waals surface area (Å²) in [6.07, 6.45) is 0. The SMILES string of the molecule is Cc1cc(F)cc(C)c1S(=O)(=O)NN(C)C. The summed E-state index contributed by atoms with van der Waals surface area (Å²) in [5.74, 6) is -0.432. The number of aryl methyl sites for hydroxylation is 2. The van der Waals surface area contributed by atoms with Crippen LogP contribution in [0.4, 0.5) is 4.39 Å². The molecule has 0 aromatic heterocycles. The van der Waals surface area contributed by atoms with Gasteiger partial charge in [0.1, 0.15) is 5.82 Å². The van der Waals surface area contributed by atoms with Crippen LogP contribution in [0.3, 0.4) is 0 Å². The zero-order chi connectivity index (χ0) is 12.5. The van der Waals surface area contributed by atoms with Crippen molar-refractivity contribution in [2.75, 3.05) is 14.1 Å². The van der Waals surface area contributed by atoms with Crippen LogP contribution < -0.4 is 4.83 Å². The van der Waals surface area contributed by atoms with Gasteiger partial charge in [-0.05, 0) is 37.1 Å². The van der Waals surface area contributed by atoms with Crippen molar-refractivity contribution < 1.29 is 12.8 Å². The third-order valence-electron chi connectivity index (χ3n) is 2.00. The van der Waals surface area contributed by atoms with Gasteiger partial charge in [0.25, 0.3) is 10.0 Å². The molecule has 0 unspecified atom stereocenters. The van der Waals surface area contributed by atoms with E-state index in [9.17, 15) is 12.8 Å². The average molecular weight is 246 g/mol. The molecule has 0 aliphatic rings. The van der Waals surface area contributed by atoms with E-state index in [-0.39, 0.29) is 4.90 Å². The van der Waals surface area contributed by atoms with Crippen LogP contribution in [0.25, 0.3) is 0 Å². The molecule has 0 spiro atoms. The van der Waals surface area contributed by atoms with Crippen LogP contribution in [0, 0.1) is 19.7 Å². The molecule has 0 amide bonds. The lowest BCUT2D eigenvalue weighted by Crippen LogP contribution is -2.36. The van der Waals surface area contributed by atoms with Crippen molar-refractivity contribution in [1.29, 1.82) is 0 Å². The van der Waals surface area contributed by atoms with Crippen LogP contribution in [0.15, 0.2) is 17.0 Å². The molecule has 0 saturated carbocycles. The van der Waals surface area contributed by atoms with E-state index in [1.165, 1.54) is 17.1 Å². The van der Waals surface area contributed by atoms with Crippen LogP contribution in [-0.2, 0) is 10.0 Å². The number of nitrogens with zero attached hydrogens (tertiary/aromatic N) is 1. The van der Waals surface area contributed by atoms with E-state index in [1.807, 2.05) is 0 Å². The number of hydrogen-bond donors (Lipinski definition) is 1. The highest BCUT2D eigenvalue weighted by Crippen LogP contribution is 2.21. The zero-order valence-corrected chi connectivity index (χ0v) is 10.5. The first-order valence-corrected chi connectivity index (χ1v) is 6.19. The van der Waals surface area contributed by atoms with Crippen molar-refractivity contribution >= 4 is 10.0 Å². The Labute approximate surface area is 95.1 Å². The molecule has 6 heteroatoms. The van der Waals surface area contributed by atoms with Crippen LogP contribution in [0.5, 0.6) is 0 Å². The number of benzene rings is 1. The molecular weight excluding hydrogens is 231 g/mol. The van der Waals surface area contributed by atoms with Gasteiger partial charge in [-0.3, -0.25) is 0 Å². The first-order chi connectivity index (χ1) is 7.24. The normalized spacial score (nSPS) is 12.1. The van der Waals surface area contributed by atoms with E-state index < -0.39 is 15.8 Å². The molecule has 0 fully saturated rings. The first kappa shape index (κ1) is 13.1. The van der Waals surface area contributed by atoms with Crippen LogP contribution in [0.1, 0.15) is 11.1 Å². The largest absolute Gasteiger partial charge is 0.253 e. The highest BCUT2D eigenvalue weighted by Gasteiger charge is 2.20. The maximum Gasteiger partial charge on any atom is 0.253 e. The third kappa shape index (κ3) is 2.78. The summed E-state index contributed by atoms with van der Waals surface area (Å²) in [6.45, 7) is 3.14. The van der Waals surface area contributed by atoms with E-state index in [0.29, 0.717) is 11.1 Å². The van der Waals surface area contributed by atoms with Crippen molar-refractivity contribution in [2.45, 2.75) is 18.7 Å². The fourth-order valence-electron chi connectivity index (χ4n) is 1.61. The lowest BCUT2D eigenvalue weighted by Gasteiger charge is -2.15. The summed E-state index contributed by atoms with van der Waals surface area (Å²) in [7, 11) is -0.478. The Balaban J connectivity index is 3.34. The topological polar surface area (TPSA) is 49.4 Å². The quantitative estimate of drug-likeness (QED) is 0.815. The van der Waals surface area contributed by atoms with Crippen molar-refractivity contribution in [3.05, 3.63) is 29.1 Å². The molecule has 1 rings (SSSR count). The van der Waals surface area contributed by atoms with Crippen molar-refractivity contribution in [2.24, 2.45) is 0 Å². The highest BCUT2D eigenvalue weighted by molar-refractivity contribution is 7.89. The fourth-order valence-corrected chi connectivity index (χ4v) is 3.14. The lowest BCUT2D eigenvalue weighted by atomic mass is 10.1. The molecule has 0 heterocycles. The minimum atomic E-state index is -3.63. The lowest BCUT2D eigenvalue weighted by molar-refractivity contribution is 0.363. The minimum absolute atomic E-state index is 0.127. The minimum Gasteiger partial charge on any atom is -0.237 e. The highest BCUT2D eigenvalue weighted by atomic mass is 32.2. The molecule has 16 heavy (non-hydrogen) atoms. The molecule has 0 aliphatic heterocycles. The van der Waals surface area contributed by atoms with Gasteiger partial charge in [0, 0.05) is 14.1 Å². The van der Waals surface area contributed by atoms with Crippen LogP contribution in [0.2, 0.25) is 0 Å². The second-order valence-corrected chi connectivity index (χ2v) is 5.46. The van der Waals surface area contributed by atoms with Crippen molar-refractivity contribution in [3.63, 3.8) is 0 Å². The van der Waals surface area contributed by atoms with E-state index in [2.05, 4.69) is 4.83 Å². The van der Waals surface area contributed by atoms with Gasteiger partial charge < -0.3 is 0 Å². The molecule has 0 radical (unpaired) electrons. The fraction of sp³-hybridized carbons (Fsp3) is 0.400. The molecule has 0 saturated heterocycles. The molecule has 0 aliphatic carbocycles. The van der Waals surface area contributed by atoms with Gasteiger partial charge in [-0.1, -0.05) is 0 Å². The Morgan fingerprint density at radius 3 is 2.00 bits per heavy atom. The Bertz CT molecular complexity index is 475. The molecular formula is C10H15FN2O2S. The van der Waals surface area contributed by atoms with Crippen molar-refractivity contribution in [3.8, 4) is 0 Å². The molecule has 0 atom stereocenters. The van der Waals surface area contributed by atoms with E-state index in [1.54, 1.807) is 27.9 Å².